The first-order valence-electron chi connectivity index (χ1n) is 5.15. The number of aromatic nitrogens is 1. The molecule has 0 fully saturated rings. The Morgan fingerprint density at radius 2 is 2.00 bits per heavy atom. The molecule has 1 aromatic heterocycles. The molecule has 0 atom stereocenters. The molecule has 82 valence electrons. The lowest BCUT2D eigenvalue weighted by Crippen LogP contribution is -1.89. The Morgan fingerprint density at radius 1 is 1.19 bits per heavy atom. The maximum Gasteiger partial charge on any atom is 0.0509 e. The highest BCUT2D eigenvalue weighted by Gasteiger charge is 1.98. The van der Waals surface area contributed by atoms with Crippen LogP contribution in [0, 0.1) is 6.92 Å². The monoisotopic (exact) mass is 230 g/mol. The van der Waals surface area contributed by atoms with E-state index in [1.807, 2.05) is 43.3 Å². The first-order valence-corrected chi connectivity index (χ1v) is 6.13. The highest BCUT2D eigenvalue weighted by Crippen LogP contribution is 2.23. The van der Waals surface area contributed by atoms with E-state index in [2.05, 4.69) is 11.1 Å². The summed E-state index contributed by atoms with van der Waals surface area (Å²) in [6, 6.07) is 14.0. The zero-order chi connectivity index (χ0) is 11.4. The van der Waals surface area contributed by atoms with Crippen LogP contribution in [-0.4, -0.2) is 4.98 Å². The van der Waals surface area contributed by atoms with Gasteiger partial charge in [-0.1, -0.05) is 12.1 Å². The Hall–Kier alpha value is -1.48. The fourth-order valence-corrected chi connectivity index (χ4v) is 2.31. The molecular weight excluding hydrogens is 216 g/mol. The molecular formula is C13H14N2S. The Morgan fingerprint density at radius 3 is 2.75 bits per heavy atom. The Balaban J connectivity index is 2.02. The third-order valence-corrected chi connectivity index (χ3v) is 3.22. The van der Waals surface area contributed by atoms with E-state index in [9.17, 15) is 0 Å². The lowest BCUT2D eigenvalue weighted by Gasteiger charge is -2.03. The maximum atomic E-state index is 5.72. The number of nitrogens with zero attached hydrogens (tertiary/aromatic N) is 1. The van der Waals surface area contributed by atoms with Crippen molar-refractivity contribution < 1.29 is 0 Å². The highest BCUT2D eigenvalue weighted by atomic mass is 32.2. The minimum atomic E-state index is 0.808. The van der Waals surface area contributed by atoms with Crippen LogP contribution in [0.15, 0.2) is 47.4 Å². The van der Waals surface area contributed by atoms with E-state index in [-0.39, 0.29) is 0 Å². The second kappa shape index (κ2) is 5.03. The van der Waals surface area contributed by atoms with Gasteiger partial charge in [0.1, 0.15) is 0 Å². The van der Waals surface area contributed by atoms with Gasteiger partial charge >= 0.3 is 0 Å². The minimum Gasteiger partial charge on any atom is -0.399 e. The van der Waals surface area contributed by atoms with Gasteiger partial charge in [-0.05, 0) is 37.3 Å². The Labute approximate surface area is 99.9 Å². The maximum absolute atomic E-state index is 5.72. The van der Waals surface area contributed by atoms with Crippen molar-refractivity contribution in [2.45, 2.75) is 17.6 Å². The minimum absolute atomic E-state index is 0.808. The van der Waals surface area contributed by atoms with Crippen molar-refractivity contribution in [3.8, 4) is 0 Å². The van der Waals surface area contributed by atoms with Crippen molar-refractivity contribution in [3.05, 3.63) is 53.9 Å². The summed E-state index contributed by atoms with van der Waals surface area (Å²) in [5.41, 5.74) is 8.70. The van der Waals surface area contributed by atoms with Crippen LogP contribution in [0.5, 0.6) is 0 Å². The van der Waals surface area contributed by atoms with Crippen LogP contribution in [0.4, 0.5) is 5.69 Å². The molecule has 3 heteroatoms. The molecule has 2 N–H and O–H groups in total. The fourth-order valence-electron chi connectivity index (χ4n) is 1.44. The summed E-state index contributed by atoms with van der Waals surface area (Å²) in [6.45, 7) is 2.01. The molecule has 0 aliphatic carbocycles. The highest BCUT2D eigenvalue weighted by molar-refractivity contribution is 7.98. The summed E-state index contributed by atoms with van der Waals surface area (Å²) in [5, 5.41) is 0. The summed E-state index contributed by atoms with van der Waals surface area (Å²) in [6.07, 6.45) is 0. The van der Waals surface area contributed by atoms with Crippen molar-refractivity contribution in [2.24, 2.45) is 0 Å². The molecule has 1 aromatic carbocycles. The summed E-state index contributed by atoms with van der Waals surface area (Å²) in [4.78, 5) is 5.64. The molecule has 16 heavy (non-hydrogen) atoms. The number of hydrogen-bond acceptors (Lipinski definition) is 3. The van der Waals surface area contributed by atoms with Crippen molar-refractivity contribution >= 4 is 17.4 Å². The molecule has 0 bridgehead atoms. The van der Waals surface area contributed by atoms with Gasteiger partial charge in [0.2, 0.25) is 0 Å². The number of pyridine rings is 1. The van der Waals surface area contributed by atoms with E-state index in [0.29, 0.717) is 0 Å². The SMILES string of the molecule is Cc1cccc(CSc2cccc(N)c2)n1. The normalized spacial score (nSPS) is 10.3. The van der Waals surface area contributed by atoms with E-state index in [1.165, 1.54) is 4.90 Å². The number of anilines is 1. The van der Waals surface area contributed by atoms with Crippen molar-refractivity contribution in [1.82, 2.24) is 4.98 Å². The van der Waals surface area contributed by atoms with Crippen LogP contribution >= 0.6 is 11.8 Å². The molecule has 2 rings (SSSR count). The van der Waals surface area contributed by atoms with E-state index >= 15 is 0 Å². The molecule has 0 amide bonds. The summed E-state index contributed by atoms with van der Waals surface area (Å²) >= 11 is 1.75. The zero-order valence-corrected chi connectivity index (χ0v) is 10.00. The van der Waals surface area contributed by atoms with Crippen LogP contribution in [0.3, 0.4) is 0 Å². The van der Waals surface area contributed by atoms with Crippen LogP contribution in [0.1, 0.15) is 11.4 Å². The lowest BCUT2D eigenvalue weighted by molar-refractivity contribution is 1.11. The second-order valence-electron chi connectivity index (χ2n) is 3.63. The number of nitrogens with two attached hydrogens (primary N) is 1. The molecule has 2 nitrogen and oxygen atoms in total. The van der Waals surface area contributed by atoms with Gasteiger partial charge in [-0.15, -0.1) is 11.8 Å². The van der Waals surface area contributed by atoms with Gasteiger partial charge < -0.3 is 5.73 Å². The quantitative estimate of drug-likeness (QED) is 0.649. The molecule has 0 unspecified atom stereocenters. The van der Waals surface area contributed by atoms with Crippen LogP contribution in [0.25, 0.3) is 0 Å². The van der Waals surface area contributed by atoms with Gasteiger partial charge in [0, 0.05) is 22.0 Å². The summed E-state index contributed by atoms with van der Waals surface area (Å²) < 4.78 is 0. The molecule has 0 radical (unpaired) electrons. The second-order valence-corrected chi connectivity index (χ2v) is 4.68. The lowest BCUT2D eigenvalue weighted by atomic mass is 10.3. The molecule has 1 heterocycles. The van der Waals surface area contributed by atoms with Crippen LogP contribution in [0.2, 0.25) is 0 Å². The molecule has 0 saturated heterocycles. The third kappa shape index (κ3) is 3.00. The predicted octanol–water partition coefficient (Wildman–Crippen LogP) is 3.26. The zero-order valence-electron chi connectivity index (χ0n) is 9.18. The van der Waals surface area contributed by atoms with Crippen LogP contribution in [-0.2, 0) is 5.75 Å². The molecule has 0 aliphatic heterocycles. The molecule has 2 aromatic rings. The first kappa shape index (κ1) is 11.0. The molecule has 0 saturated carbocycles. The van der Waals surface area contributed by atoms with Gasteiger partial charge in [0.05, 0.1) is 5.69 Å². The Bertz CT molecular complexity index is 437. The number of nitrogen functional groups attached to an aromatic ring is 1. The fraction of sp³-hybridized carbons (Fsp3) is 0.154. The average molecular weight is 230 g/mol. The van der Waals surface area contributed by atoms with Gasteiger partial charge in [0.25, 0.3) is 0 Å². The van der Waals surface area contributed by atoms with Crippen molar-refractivity contribution in [1.29, 1.82) is 0 Å². The number of benzene rings is 1. The number of aryl methyl sites for hydroxylation is 1. The Kier molecular flexibility index (Phi) is 3.47. The van der Waals surface area contributed by atoms with Gasteiger partial charge in [-0.25, -0.2) is 0 Å². The van der Waals surface area contributed by atoms with Crippen LogP contribution < -0.4 is 5.73 Å². The smallest absolute Gasteiger partial charge is 0.0509 e. The van der Waals surface area contributed by atoms with Crippen molar-refractivity contribution in [3.63, 3.8) is 0 Å². The van der Waals surface area contributed by atoms with E-state index in [4.69, 9.17) is 5.73 Å². The first-order chi connectivity index (χ1) is 7.74. The van der Waals surface area contributed by atoms with E-state index in [0.717, 1.165) is 22.8 Å². The number of hydrogen-bond donors (Lipinski definition) is 1. The van der Waals surface area contributed by atoms with E-state index in [1.54, 1.807) is 11.8 Å². The average Bonchev–Trinajstić information content (AvgIpc) is 2.27. The third-order valence-electron chi connectivity index (χ3n) is 2.19. The topological polar surface area (TPSA) is 38.9 Å². The van der Waals surface area contributed by atoms with Gasteiger partial charge in [-0.3, -0.25) is 4.98 Å². The van der Waals surface area contributed by atoms with Gasteiger partial charge in [-0.2, -0.15) is 0 Å². The van der Waals surface area contributed by atoms with Gasteiger partial charge in [0.15, 0.2) is 0 Å². The summed E-state index contributed by atoms with van der Waals surface area (Å²) in [7, 11) is 0. The van der Waals surface area contributed by atoms with E-state index < -0.39 is 0 Å². The summed E-state index contributed by atoms with van der Waals surface area (Å²) in [5.74, 6) is 0.880. The molecule has 0 aliphatic rings. The predicted molar refractivity (Wildman–Crippen MR) is 69.4 cm³/mol. The number of thioether (sulfide) groups is 1. The number of rotatable bonds is 3. The van der Waals surface area contributed by atoms with Crippen molar-refractivity contribution in [2.75, 3.05) is 5.73 Å². The largest absolute Gasteiger partial charge is 0.399 e. The standard InChI is InChI=1S/C13H14N2S/c1-10-4-2-6-12(15-10)9-16-13-7-3-5-11(14)8-13/h2-8H,9,14H2,1H3. The molecule has 0 spiro atoms.